The Balaban J connectivity index is 1.73. The summed E-state index contributed by atoms with van der Waals surface area (Å²) in [6.07, 6.45) is 1.78. The van der Waals surface area contributed by atoms with E-state index in [9.17, 15) is 4.79 Å². The SMILES string of the molecule is COc1ccc(C(=O)Cn2cc(-c3ccc(C)cc3)nn2)cc1. The van der Waals surface area contributed by atoms with Crippen molar-refractivity contribution in [1.29, 1.82) is 0 Å². The Morgan fingerprint density at radius 2 is 1.78 bits per heavy atom. The summed E-state index contributed by atoms with van der Waals surface area (Å²) < 4.78 is 6.65. The number of carbonyl (C=O) groups excluding carboxylic acids is 1. The van der Waals surface area contributed by atoms with Gasteiger partial charge in [0, 0.05) is 11.1 Å². The van der Waals surface area contributed by atoms with Crippen LogP contribution in [0.5, 0.6) is 5.75 Å². The highest BCUT2D eigenvalue weighted by molar-refractivity contribution is 5.95. The summed E-state index contributed by atoms with van der Waals surface area (Å²) in [6, 6.07) is 15.1. The molecule has 0 aliphatic carbocycles. The first-order chi connectivity index (χ1) is 11.2. The Bertz CT molecular complexity index is 805. The molecule has 0 radical (unpaired) electrons. The standard InChI is InChI=1S/C18H17N3O2/c1-13-3-5-14(6-4-13)17-11-21(20-19-17)12-18(22)15-7-9-16(23-2)10-8-15/h3-11H,12H2,1-2H3. The van der Waals surface area contributed by atoms with Gasteiger partial charge < -0.3 is 4.74 Å². The van der Waals surface area contributed by atoms with Crippen molar-refractivity contribution in [2.45, 2.75) is 13.5 Å². The highest BCUT2D eigenvalue weighted by atomic mass is 16.5. The number of ketones is 1. The summed E-state index contributed by atoms with van der Waals surface area (Å²) in [7, 11) is 1.60. The summed E-state index contributed by atoms with van der Waals surface area (Å²) in [4.78, 5) is 12.3. The molecule has 0 bridgehead atoms. The minimum atomic E-state index is -0.0204. The molecule has 0 aliphatic heterocycles. The Kier molecular flexibility index (Phi) is 4.19. The van der Waals surface area contributed by atoms with Gasteiger partial charge in [0.2, 0.25) is 0 Å². The zero-order valence-corrected chi connectivity index (χ0v) is 13.1. The van der Waals surface area contributed by atoms with Crippen LogP contribution in [-0.4, -0.2) is 27.9 Å². The fourth-order valence-electron chi connectivity index (χ4n) is 2.25. The third-order valence-corrected chi connectivity index (χ3v) is 3.60. The highest BCUT2D eigenvalue weighted by Crippen LogP contribution is 2.17. The van der Waals surface area contributed by atoms with Gasteiger partial charge in [0.1, 0.15) is 18.0 Å². The third kappa shape index (κ3) is 3.45. The second-order valence-corrected chi connectivity index (χ2v) is 5.32. The largest absolute Gasteiger partial charge is 0.497 e. The summed E-state index contributed by atoms with van der Waals surface area (Å²) in [5, 5.41) is 8.17. The first-order valence-electron chi connectivity index (χ1n) is 7.30. The zero-order chi connectivity index (χ0) is 16.2. The molecule has 1 aromatic heterocycles. The second kappa shape index (κ2) is 6.44. The lowest BCUT2D eigenvalue weighted by Crippen LogP contribution is -2.10. The molecule has 2 aromatic carbocycles. The van der Waals surface area contributed by atoms with Gasteiger partial charge in [-0.15, -0.1) is 5.10 Å². The lowest BCUT2D eigenvalue weighted by atomic mass is 10.1. The molecular formula is C18H17N3O2. The average molecular weight is 307 g/mol. The van der Waals surface area contributed by atoms with Crippen LogP contribution in [0.4, 0.5) is 0 Å². The van der Waals surface area contributed by atoms with Crippen LogP contribution in [0.3, 0.4) is 0 Å². The van der Waals surface area contributed by atoms with Gasteiger partial charge in [0.05, 0.1) is 13.3 Å². The number of carbonyl (C=O) groups is 1. The summed E-state index contributed by atoms with van der Waals surface area (Å²) in [6.45, 7) is 2.19. The highest BCUT2D eigenvalue weighted by Gasteiger charge is 2.10. The molecule has 0 fully saturated rings. The van der Waals surface area contributed by atoms with Crippen LogP contribution in [0, 0.1) is 6.92 Å². The summed E-state index contributed by atoms with van der Waals surface area (Å²) in [5.74, 6) is 0.706. The van der Waals surface area contributed by atoms with E-state index in [1.165, 1.54) is 5.56 Å². The Morgan fingerprint density at radius 1 is 1.09 bits per heavy atom. The molecule has 5 nitrogen and oxygen atoms in total. The molecule has 0 saturated heterocycles. The third-order valence-electron chi connectivity index (χ3n) is 3.60. The molecule has 0 aliphatic rings. The Hall–Kier alpha value is -2.95. The number of methoxy groups -OCH3 is 1. The van der Waals surface area contributed by atoms with Crippen molar-refractivity contribution in [3.63, 3.8) is 0 Å². The van der Waals surface area contributed by atoms with Crippen molar-refractivity contribution < 1.29 is 9.53 Å². The van der Waals surface area contributed by atoms with Crippen molar-refractivity contribution in [3.8, 4) is 17.0 Å². The smallest absolute Gasteiger partial charge is 0.184 e. The van der Waals surface area contributed by atoms with Crippen LogP contribution in [0.15, 0.2) is 54.7 Å². The number of nitrogens with zero attached hydrogens (tertiary/aromatic N) is 3. The summed E-state index contributed by atoms with van der Waals surface area (Å²) >= 11 is 0. The van der Waals surface area contributed by atoms with E-state index in [1.54, 1.807) is 42.3 Å². The number of ether oxygens (including phenoxy) is 1. The topological polar surface area (TPSA) is 57.0 Å². The van der Waals surface area contributed by atoms with Gasteiger partial charge >= 0.3 is 0 Å². The molecular weight excluding hydrogens is 290 g/mol. The Labute approximate surface area is 134 Å². The minimum Gasteiger partial charge on any atom is -0.497 e. The van der Waals surface area contributed by atoms with E-state index in [-0.39, 0.29) is 12.3 Å². The average Bonchev–Trinajstić information content (AvgIpc) is 3.04. The predicted molar refractivity (Wildman–Crippen MR) is 87.5 cm³/mol. The van der Waals surface area contributed by atoms with E-state index in [1.807, 2.05) is 31.2 Å². The van der Waals surface area contributed by atoms with Crippen LogP contribution in [0.2, 0.25) is 0 Å². The Morgan fingerprint density at radius 3 is 2.43 bits per heavy atom. The normalized spacial score (nSPS) is 10.5. The van der Waals surface area contributed by atoms with Gasteiger partial charge in [-0.25, -0.2) is 4.68 Å². The number of aromatic nitrogens is 3. The lowest BCUT2D eigenvalue weighted by molar-refractivity contribution is 0.0967. The molecule has 3 aromatic rings. The predicted octanol–water partition coefficient (Wildman–Crippen LogP) is 3.15. The van der Waals surface area contributed by atoms with Crippen LogP contribution >= 0.6 is 0 Å². The van der Waals surface area contributed by atoms with Crippen molar-refractivity contribution in [2.24, 2.45) is 0 Å². The molecule has 0 N–H and O–H groups in total. The van der Waals surface area contributed by atoms with Gasteiger partial charge in [-0.05, 0) is 31.2 Å². The van der Waals surface area contributed by atoms with Gasteiger partial charge in [0.25, 0.3) is 0 Å². The van der Waals surface area contributed by atoms with Crippen LogP contribution in [0.25, 0.3) is 11.3 Å². The van der Waals surface area contributed by atoms with Crippen molar-refractivity contribution in [3.05, 3.63) is 65.9 Å². The van der Waals surface area contributed by atoms with Crippen LogP contribution in [-0.2, 0) is 6.54 Å². The number of hydrogen-bond acceptors (Lipinski definition) is 4. The number of benzene rings is 2. The van der Waals surface area contributed by atoms with E-state index in [0.29, 0.717) is 5.56 Å². The second-order valence-electron chi connectivity index (χ2n) is 5.32. The van der Waals surface area contributed by atoms with E-state index < -0.39 is 0 Å². The molecule has 3 rings (SSSR count). The molecule has 0 atom stereocenters. The minimum absolute atomic E-state index is 0.0204. The van der Waals surface area contributed by atoms with Gasteiger partial charge in [-0.1, -0.05) is 35.0 Å². The maximum atomic E-state index is 12.3. The van der Waals surface area contributed by atoms with Gasteiger partial charge in [-0.3, -0.25) is 4.79 Å². The van der Waals surface area contributed by atoms with E-state index in [2.05, 4.69) is 10.3 Å². The van der Waals surface area contributed by atoms with Crippen LogP contribution in [0.1, 0.15) is 15.9 Å². The lowest BCUT2D eigenvalue weighted by Gasteiger charge is -2.02. The molecule has 0 unspecified atom stereocenters. The fraction of sp³-hybridized carbons (Fsp3) is 0.167. The van der Waals surface area contributed by atoms with E-state index in [4.69, 9.17) is 4.74 Å². The molecule has 23 heavy (non-hydrogen) atoms. The van der Waals surface area contributed by atoms with Crippen molar-refractivity contribution in [2.75, 3.05) is 7.11 Å². The maximum absolute atomic E-state index is 12.3. The fourth-order valence-corrected chi connectivity index (χ4v) is 2.25. The zero-order valence-electron chi connectivity index (χ0n) is 13.1. The van der Waals surface area contributed by atoms with E-state index in [0.717, 1.165) is 17.0 Å². The quantitative estimate of drug-likeness (QED) is 0.679. The molecule has 116 valence electrons. The van der Waals surface area contributed by atoms with Gasteiger partial charge in [-0.2, -0.15) is 0 Å². The molecule has 1 heterocycles. The summed E-state index contributed by atoms with van der Waals surface area (Å²) in [5.41, 5.74) is 3.56. The molecule has 0 saturated carbocycles. The molecule has 5 heteroatoms. The van der Waals surface area contributed by atoms with Gasteiger partial charge in [0.15, 0.2) is 5.78 Å². The number of Topliss-reactive ketones (excluding diaryl/α,β-unsaturated/α-hetero) is 1. The number of hydrogen-bond donors (Lipinski definition) is 0. The first-order valence-corrected chi connectivity index (χ1v) is 7.30. The monoisotopic (exact) mass is 307 g/mol. The van der Waals surface area contributed by atoms with E-state index >= 15 is 0 Å². The first kappa shape index (κ1) is 15.0. The number of aryl methyl sites for hydroxylation is 1. The van der Waals surface area contributed by atoms with Crippen LogP contribution < -0.4 is 4.74 Å². The number of rotatable bonds is 5. The van der Waals surface area contributed by atoms with Crippen molar-refractivity contribution >= 4 is 5.78 Å². The molecule has 0 spiro atoms. The maximum Gasteiger partial charge on any atom is 0.184 e. The molecule has 0 amide bonds. The van der Waals surface area contributed by atoms with Crippen molar-refractivity contribution in [1.82, 2.24) is 15.0 Å².